The second-order valence-electron chi connectivity index (χ2n) is 9.37. The van der Waals surface area contributed by atoms with Gasteiger partial charge in [-0.1, -0.05) is 30.7 Å². The summed E-state index contributed by atoms with van der Waals surface area (Å²) in [7, 11) is 0. The van der Waals surface area contributed by atoms with Crippen molar-refractivity contribution in [3.63, 3.8) is 0 Å². The van der Waals surface area contributed by atoms with Crippen molar-refractivity contribution in [2.75, 3.05) is 63.8 Å². The third kappa shape index (κ3) is 6.51. The Bertz CT molecular complexity index is 903. The summed E-state index contributed by atoms with van der Waals surface area (Å²) >= 11 is 0. The minimum absolute atomic E-state index is 0.0979. The van der Waals surface area contributed by atoms with Gasteiger partial charge in [0.25, 0.3) is 0 Å². The van der Waals surface area contributed by atoms with Crippen molar-refractivity contribution in [3.8, 4) is 11.3 Å². The lowest BCUT2D eigenvalue weighted by Gasteiger charge is -2.35. The lowest BCUT2D eigenvalue weighted by atomic mass is 9.96. The third-order valence-electron chi connectivity index (χ3n) is 6.89. The van der Waals surface area contributed by atoms with Gasteiger partial charge in [-0.25, -0.2) is 9.97 Å². The topological polar surface area (TPSA) is 64.6 Å². The molecule has 1 aromatic heterocycles. The normalized spacial score (nSPS) is 18.4. The van der Waals surface area contributed by atoms with Gasteiger partial charge in [0.1, 0.15) is 12.1 Å². The maximum atomic E-state index is 12.7. The van der Waals surface area contributed by atoms with Crippen LogP contribution in [0.25, 0.3) is 11.3 Å². The van der Waals surface area contributed by atoms with Crippen molar-refractivity contribution in [2.24, 2.45) is 5.92 Å². The SMILES string of the molecule is CCCN1CCN(CCNC(=O)C2CCN(c3cc(-c4cccc(C)c4)ncn3)CC2)CC1. The van der Waals surface area contributed by atoms with E-state index in [0.717, 1.165) is 82.3 Å². The van der Waals surface area contributed by atoms with Gasteiger partial charge in [0, 0.05) is 69.9 Å². The van der Waals surface area contributed by atoms with Crippen LogP contribution in [0, 0.1) is 12.8 Å². The van der Waals surface area contributed by atoms with Crippen LogP contribution in [0.3, 0.4) is 0 Å². The molecule has 2 saturated heterocycles. The second kappa shape index (κ2) is 11.6. The van der Waals surface area contributed by atoms with E-state index in [4.69, 9.17) is 0 Å². The average molecular weight is 451 g/mol. The van der Waals surface area contributed by atoms with Crippen molar-refractivity contribution in [2.45, 2.75) is 33.1 Å². The van der Waals surface area contributed by atoms with Crippen molar-refractivity contribution < 1.29 is 4.79 Å². The molecule has 1 aromatic carbocycles. The van der Waals surface area contributed by atoms with Gasteiger partial charge in [-0.05, 0) is 38.8 Å². The van der Waals surface area contributed by atoms with Crippen LogP contribution in [-0.4, -0.2) is 84.6 Å². The molecule has 0 atom stereocenters. The second-order valence-corrected chi connectivity index (χ2v) is 9.37. The molecule has 0 spiro atoms. The lowest BCUT2D eigenvalue weighted by molar-refractivity contribution is -0.125. The first-order valence-corrected chi connectivity index (χ1v) is 12.5. The van der Waals surface area contributed by atoms with Crippen molar-refractivity contribution in [3.05, 3.63) is 42.2 Å². The zero-order valence-corrected chi connectivity index (χ0v) is 20.2. The van der Waals surface area contributed by atoms with Crippen molar-refractivity contribution in [1.29, 1.82) is 0 Å². The Morgan fingerprint density at radius 2 is 1.73 bits per heavy atom. The molecule has 0 aliphatic carbocycles. The quantitative estimate of drug-likeness (QED) is 0.667. The first-order valence-electron chi connectivity index (χ1n) is 12.5. The van der Waals surface area contributed by atoms with E-state index >= 15 is 0 Å². The molecule has 3 heterocycles. The number of hydrogen-bond donors (Lipinski definition) is 1. The van der Waals surface area contributed by atoms with Crippen molar-refractivity contribution in [1.82, 2.24) is 25.1 Å². The van der Waals surface area contributed by atoms with E-state index in [9.17, 15) is 4.79 Å². The molecule has 33 heavy (non-hydrogen) atoms. The van der Waals surface area contributed by atoms with Crippen molar-refractivity contribution >= 4 is 11.7 Å². The Balaban J connectivity index is 1.21. The molecular weight excluding hydrogens is 412 g/mol. The van der Waals surface area contributed by atoms with Gasteiger partial charge in [-0.2, -0.15) is 0 Å². The summed E-state index contributed by atoms with van der Waals surface area (Å²) in [6.07, 6.45) is 4.60. The molecule has 7 nitrogen and oxygen atoms in total. The molecular formula is C26H38N6O. The van der Waals surface area contributed by atoms with E-state index in [1.165, 1.54) is 18.5 Å². The van der Waals surface area contributed by atoms with Gasteiger partial charge in [0.05, 0.1) is 5.69 Å². The van der Waals surface area contributed by atoms with E-state index in [1.807, 2.05) is 0 Å². The van der Waals surface area contributed by atoms with Crippen LogP contribution in [0.15, 0.2) is 36.7 Å². The maximum Gasteiger partial charge on any atom is 0.223 e. The predicted molar refractivity (Wildman–Crippen MR) is 133 cm³/mol. The highest BCUT2D eigenvalue weighted by Gasteiger charge is 2.26. The fraction of sp³-hybridized carbons (Fsp3) is 0.577. The molecule has 2 aliphatic rings. The Morgan fingerprint density at radius 1 is 1.00 bits per heavy atom. The molecule has 0 radical (unpaired) electrons. The largest absolute Gasteiger partial charge is 0.356 e. The Kier molecular flexibility index (Phi) is 8.29. The van der Waals surface area contributed by atoms with Gasteiger partial charge in [0.2, 0.25) is 5.91 Å². The molecule has 7 heteroatoms. The van der Waals surface area contributed by atoms with Gasteiger partial charge in [-0.3, -0.25) is 9.69 Å². The number of nitrogens with one attached hydrogen (secondary N) is 1. The number of amides is 1. The summed E-state index contributed by atoms with van der Waals surface area (Å²) in [5.41, 5.74) is 3.28. The number of anilines is 1. The number of hydrogen-bond acceptors (Lipinski definition) is 6. The number of carbonyl (C=O) groups is 1. The zero-order valence-electron chi connectivity index (χ0n) is 20.2. The summed E-state index contributed by atoms with van der Waals surface area (Å²) in [6, 6.07) is 10.4. The molecule has 2 fully saturated rings. The molecule has 1 N–H and O–H groups in total. The van der Waals surface area contributed by atoms with Crippen LogP contribution in [0.2, 0.25) is 0 Å². The highest BCUT2D eigenvalue weighted by atomic mass is 16.1. The molecule has 2 aromatic rings. The lowest BCUT2D eigenvalue weighted by Crippen LogP contribution is -2.49. The number of piperazine rings is 1. The average Bonchev–Trinajstić information content (AvgIpc) is 2.85. The van der Waals surface area contributed by atoms with Crippen LogP contribution in [0.5, 0.6) is 0 Å². The summed E-state index contributed by atoms with van der Waals surface area (Å²) in [5, 5.41) is 3.19. The first kappa shape index (κ1) is 23.6. The summed E-state index contributed by atoms with van der Waals surface area (Å²) < 4.78 is 0. The van der Waals surface area contributed by atoms with E-state index < -0.39 is 0 Å². The van der Waals surface area contributed by atoms with Crippen LogP contribution < -0.4 is 10.2 Å². The molecule has 0 saturated carbocycles. The molecule has 178 valence electrons. The minimum Gasteiger partial charge on any atom is -0.356 e. The third-order valence-corrected chi connectivity index (χ3v) is 6.89. The molecule has 4 rings (SSSR count). The minimum atomic E-state index is 0.0979. The number of rotatable bonds is 8. The number of nitrogens with zero attached hydrogens (tertiary/aromatic N) is 5. The number of carbonyl (C=O) groups excluding carboxylic acids is 1. The molecule has 2 aliphatic heterocycles. The van der Waals surface area contributed by atoms with Crippen LogP contribution in [0.4, 0.5) is 5.82 Å². The Hall–Kier alpha value is -2.51. The van der Waals surface area contributed by atoms with Crippen LogP contribution >= 0.6 is 0 Å². The van der Waals surface area contributed by atoms with E-state index in [2.05, 4.69) is 74.2 Å². The van der Waals surface area contributed by atoms with Crippen LogP contribution in [0.1, 0.15) is 31.7 Å². The maximum absolute atomic E-state index is 12.7. The summed E-state index contributed by atoms with van der Waals surface area (Å²) in [6.45, 7) is 13.4. The highest BCUT2D eigenvalue weighted by Crippen LogP contribution is 2.25. The van der Waals surface area contributed by atoms with Gasteiger partial charge >= 0.3 is 0 Å². The molecule has 0 unspecified atom stereocenters. The number of aryl methyl sites for hydroxylation is 1. The first-order chi connectivity index (χ1) is 16.1. The Morgan fingerprint density at radius 3 is 2.42 bits per heavy atom. The summed E-state index contributed by atoms with van der Waals surface area (Å²) in [4.78, 5) is 29.0. The van der Waals surface area contributed by atoms with Gasteiger partial charge in [-0.15, -0.1) is 0 Å². The summed E-state index contributed by atoms with van der Waals surface area (Å²) in [5.74, 6) is 1.26. The van der Waals surface area contributed by atoms with Crippen LogP contribution in [-0.2, 0) is 4.79 Å². The van der Waals surface area contributed by atoms with E-state index in [-0.39, 0.29) is 11.8 Å². The van der Waals surface area contributed by atoms with E-state index in [1.54, 1.807) is 6.33 Å². The van der Waals surface area contributed by atoms with Gasteiger partial charge in [0.15, 0.2) is 0 Å². The van der Waals surface area contributed by atoms with E-state index in [0.29, 0.717) is 0 Å². The Labute approximate surface area is 198 Å². The fourth-order valence-corrected chi connectivity index (χ4v) is 4.89. The standard InChI is InChI=1S/C26H38N6O/c1-3-10-30-14-16-31(17-15-30)13-9-27-26(33)22-7-11-32(12-8-22)25-19-24(28-20-29-25)23-6-4-5-21(2)18-23/h4-6,18-20,22H,3,7-17H2,1-2H3,(H,27,33). The number of benzene rings is 1. The number of aromatic nitrogens is 2. The van der Waals surface area contributed by atoms with Gasteiger partial charge < -0.3 is 15.1 Å². The molecule has 0 bridgehead atoms. The zero-order chi connectivity index (χ0) is 23.0. The smallest absolute Gasteiger partial charge is 0.223 e. The monoisotopic (exact) mass is 450 g/mol. The number of piperidine rings is 1. The molecule has 1 amide bonds. The fourth-order valence-electron chi connectivity index (χ4n) is 4.89. The highest BCUT2D eigenvalue weighted by molar-refractivity contribution is 5.79. The predicted octanol–water partition coefficient (Wildman–Crippen LogP) is 2.81.